The van der Waals surface area contributed by atoms with Crippen molar-refractivity contribution in [1.82, 2.24) is 5.32 Å². The van der Waals surface area contributed by atoms with Gasteiger partial charge in [-0.25, -0.2) is 0 Å². The lowest BCUT2D eigenvalue weighted by Gasteiger charge is -2.07. The van der Waals surface area contributed by atoms with Crippen molar-refractivity contribution < 1.29 is 9.53 Å². The fourth-order valence-electron chi connectivity index (χ4n) is 1.45. The SMILES string of the molecule is CN/C(=C\C(=O)C1(C)CO1)c1ccccc1. The molecule has 16 heavy (non-hydrogen) atoms. The second-order valence-corrected chi connectivity index (χ2v) is 4.06. The molecule has 84 valence electrons. The van der Waals surface area contributed by atoms with Gasteiger partial charge in [0, 0.05) is 18.8 Å². The summed E-state index contributed by atoms with van der Waals surface area (Å²) < 4.78 is 5.12. The van der Waals surface area contributed by atoms with Gasteiger partial charge in [-0.2, -0.15) is 0 Å². The van der Waals surface area contributed by atoms with Crippen LogP contribution in [-0.2, 0) is 9.53 Å². The first kappa shape index (κ1) is 10.9. The van der Waals surface area contributed by atoms with E-state index in [1.165, 1.54) is 0 Å². The smallest absolute Gasteiger partial charge is 0.191 e. The molecule has 3 nitrogen and oxygen atoms in total. The Balaban J connectivity index is 2.23. The van der Waals surface area contributed by atoms with Gasteiger partial charge >= 0.3 is 0 Å². The number of carbonyl (C=O) groups excluding carboxylic acids is 1. The lowest BCUT2D eigenvalue weighted by Crippen LogP contribution is -2.19. The number of ether oxygens (including phenoxy) is 1. The van der Waals surface area contributed by atoms with Crippen LogP contribution in [0.5, 0.6) is 0 Å². The van der Waals surface area contributed by atoms with Crippen LogP contribution in [0.1, 0.15) is 12.5 Å². The first-order valence-electron chi connectivity index (χ1n) is 5.29. The van der Waals surface area contributed by atoms with Crippen molar-refractivity contribution in [3.8, 4) is 0 Å². The molecule has 1 atom stereocenters. The second kappa shape index (κ2) is 4.10. The van der Waals surface area contributed by atoms with E-state index in [9.17, 15) is 4.79 Å². The summed E-state index contributed by atoms with van der Waals surface area (Å²) in [5.41, 5.74) is 1.24. The zero-order valence-electron chi connectivity index (χ0n) is 9.49. The Morgan fingerprint density at radius 1 is 1.44 bits per heavy atom. The number of epoxide rings is 1. The molecule has 3 heteroatoms. The standard InChI is InChI=1S/C13H15NO2/c1-13(9-16-13)12(15)8-11(14-2)10-6-4-3-5-7-10/h3-8,14H,9H2,1-2H3/b11-8-. The van der Waals surface area contributed by atoms with E-state index in [1.807, 2.05) is 44.3 Å². The molecule has 1 unspecified atom stereocenters. The molecular weight excluding hydrogens is 202 g/mol. The van der Waals surface area contributed by atoms with Crippen molar-refractivity contribution in [3.63, 3.8) is 0 Å². The third kappa shape index (κ3) is 2.14. The fraction of sp³-hybridized carbons (Fsp3) is 0.308. The number of carbonyl (C=O) groups is 1. The number of hydrogen-bond donors (Lipinski definition) is 1. The van der Waals surface area contributed by atoms with Gasteiger partial charge in [0.1, 0.15) is 0 Å². The quantitative estimate of drug-likeness (QED) is 0.615. The molecule has 1 N–H and O–H groups in total. The van der Waals surface area contributed by atoms with E-state index in [0.29, 0.717) is 6.61 Å². The predicted octanol–water partition coefficient (Wildman–Crippen LogP) is 1.60. The maximum Gasteiger partial charge on any atom is 0.191 e. The van der Waals surface area contributed by atoms with Gasteiger partial charge in [-0.15, -0.1) is 0 Å². The van der Waals surface area contributed by atoms with Crippen LogP contribution in [0.2, 0.25) is 0 Å². The molecule has 1 aliphatic rings. The molecule has 1 fully saturated rings. The van der Waals surface area contributed by atoms with Crippen LogP contribution in [0.15, 0.2) is 36.4 Å². The van der Waals surface area contributed by atoms with Crippen LogP contribution >= 0.6 is 0 Å². The van der Waals surface area contributed by atoms with E-state index in [4.69, 9.17) is 4.74 Å². The summed E-state index contributed by atoms with van der Waals surface area (Å²) in [5.74, 6) is 0.0145. The minimum atomic E-state index is -0.586. The molecule has 1 saturated heterocycles. The Morgan fingerprint density at radius 2 is 2.06 bits per heavy atom. The van der Waals surface area contributed by atoms with Crippen LogP contribution in [-0.4, -0.2) is 25.0 Å². The van der Waals surface area contributed by atoms with E-state index in [1.54, 1.807) is 6.08 Å². The van der Waals surface area contributed by atoms with Gasteiger partial charge in [0.05, 0.1) is 6.61 Å². The van der Waals surface area contributed by atoms with E-state index < -0.39 is 5.60 Å². The summed E-state index contributed by atoms with van der Waals surface area (Å²) in [4.78, 5) is 11.8. The monoisotopic (exact) mass is 217 g/mol. The van der Waals surface area contributed by atoms with Crippen LogP contribution < -0.4 is 5.32 Å². The highest BCUT2D eigenvalue weighted by molar-refractivity contribution is 6.03. The van der Waals surface area contributed by atoms with Gasteiger partial charge in [0.15, 0.2) is 11.4 Å². The van der Waals surface area contributed by atoms with Gasteiger partial charge in [-0.1, -0.05) is 30.3 Å². The predicted molar refractivity (Wildman–Crippen MR) is 62.8 cm³/mol. The molecule has 0 aliphatic carbocycles. The van der Waals surface area contributed by atoms with Gasteiger partial charge < -0.3 is 10.1 Å². The van der Waals surface area contributed by atoms with Gasteiger partial charge in [-0.3, -0.25) is 4.79 Å². The molecular formula is C13H15NO2. The average Bonchev–Trinajstić information content (AvgIpc) is 3.06. The highest BCUT2D eigenvalue weighted by Gasteiger charge is 2.45. The van der Waals surface area contributed by atoms with Crippen LogP contribution in [0.3, 0.4) is 0 Å². The lowest BCUT2D eigenvalue weighted by molar-refractivity contribution is -0.118. The van der Waals surface area contributed by atoms with Crippen LogP contribution in [0.4, 0.5) is 0 Å². The third-order valence-corrected chi connectivity index (χ3v) is 2.73. The molecule has 1 aliphatic heterocycles. The van der Waals surface area contributed by atoms with Crippen molar-refractivity contribution in [2.24, 2.45) is 0 Å². The Labute approximate surface area is 95.1 Å². The summed E-state index contributed by atoms with van der Waals surface area (Å²) in [6, 6.07) is 9.77. The zero-order chi connectivity index (χ0) is 11.6. The molecule has 0 amide bonds. The lowest BCUT2D eigenvalue weighted by atomic mass is 10.0. The fourth-order valence-corrected chi connectivity index (χ4v) is 1.45. The minimum Gasteiger partial charge on any atom is -0.388 e. The van der Waals surface area contributed by atoms with Crippen molar-refractivity contribution in [2.75, 3.05) is 13.7 Å². The molecule has 1 heterocycles. The van der Waals surface area contributed by atoms with Gasteiger partial charge in [-0.05, 0) is 12.5 Å². The van der Waals surface area contributed by atoms with Gasteiger partial charge in [0.25, 0.3) is 0 Å². The Bertz CT molecular complexity index is 419. The number of hydrogen-bond acceptors (Lipinski definition) is 3. The summed E-state index contributed by atoms with van der Waals surface area (Å²) in [5, 5.41) is 3.03. The maximum absolute atomic E-state index is 11.8. The molecule has 0 radical (unpaired) electrons. The normalized spacial score (nSPS) is 24.0. The van der Waals surface area contributed by atoms with Crippen molar-refractivity contribution in [2.45, 2.75) is 12.5 Å². The Morgan fingerprint density at radius 3 is 2.56 bits per heavy atom. The molecule has 0 aromatic heterocycles. The molecule has 0 spiro atoms. The van der Waals surface area contributed by atoms with Crippen molar-refractivity contribution >= 4 is 11.5 Å². The van der Waals surface area contributed by atoms with E-state index in [0.717, 1.165) is 11.3 Å². The average molecular weight is 217 g/mol. The number of nitrogens with one attached hydrogen (secondary N) is 1. The Hall–Kier alpha value is -1.61. The first-order chi connectivity index (χ1) is 7.65. The summed E-state index contributed by atoms with van der Waals surface area (Å²) in [6.07, 6.45) is 1.61. The number of ketones is 1. The van der Waals surface area contributed by atoms with Crippen LogP contribution in [0, 0.1) is 0 Å². The largest absolute Gasteiger partial charge is 0.388 e. The topological polar surface area (TPSA) is 41.6 Å². The molecule has 1 aromatic carbocycles. The second-order valence-electron chi connectivity index (χ2n) is 4.06. The third-order valence-electron chi connectivity index (χ3n) is 2.73. The Kier molecular flexibility index (Phi) is 2.79. The highest BCUT2D eigenvalue weighted by Crippen LogP contribution is 2.28. The molecule has 0 saturated carbocycles. The van der Waals surface area contributed by atoms with Crippen LogP contribution in [0.25, 0.3) is 5.70 Å². The highest BCUT2D eigenvalue weighted by atomic mass is 16.6. The zero-order valence-corrected chi connectivity index (χ0v) is 9.49. The van der Waals surface area contributed by atoms with Crippen molar-refractivity contribution in [1.29, 1.82) is 0 Å². The van der Waals surface area contributed by atoms with Crippen molar-refractivity contribution in [3.05, 3.63) is 42.0 Å². The molecule has 0 bridgehead atoms. The summed E-state index contributed by atoms with van der Waals surface area (Å²) >= 11 is 0. The molecule has 1 aromatic rings. The van der Waals surface area contributed by atoms with E-state index in [2.05, 4.69) is 5.32 Å². The first-order valence-corrected chi connectivity index (χ1v) is 5.29. The van der Waals surface area contributed by atoms with E-state index in [-0.39, 0.29) is 5.78 Å². The number of rotatable bonds is 4. The van der Waals surface area contributed by atoms with Gasteiger partial charge in [0.2, 0.25) is 0 Å². The summed E-state index contributed by atoms with van der Waals surface area (Å²) in [7, 11) is 1.81. The van der Waals surface area contributed by atoms with E-state index >= 15 is 0 Å². The molecule has 2 rings (SSSR count). The minimum absolute atomic E-state index is 0.0145. The maximum atomic E-state index is 11.8. The number of benzene rings is 1. The summed E-state index contributed by atoms with van der Waals surface area (Å²) in [6.45, 7) is 2.33.